The molecule has 0 saturated carbocycles. The van der Waals surface area contributed by atoms with Gasteiger partial charge < -0.3 is 25.0 Å². The molecule has 0 unspecified atom stereocenters. The summed E-state index contributed by atoms with van der Waals surface area (Å²) >= 11 is 0. The zero-order valence-electron chi connectivity index (χ0n) is 18.3. The third-order valence-electron chi connectivity index (χ3n) is 4.68. The van der Waals surface area contributed by atoms with Crippen molar-refractivity contribution in [2.45, 2.75) is 83.5 Å². The lowest BCUT2D eigenvalue weighted by molar-refractivity contribution is 0.0269. The summed E-state index contributed by atoms with van der Waals surface area (Å²) in [6.45, 7) is 6.13. The van der Waals surface area contributed by atoms with Crippen LogP contribution in [-0.2, 0) is 16.1 Å². The predicted octanol–water partition coefficient (Wildman–Crippen LogP) is 4.18. The minimum Gasteiger partial charge on any atom is -0.444 e. The van der Waals surface area contributed by atoms with Crippen molar-refractivity contribution in [1.29, 1.82) is 0 Å². The molecule has 0 atom stereocenters. The van der Waals surface area contributed by atoms with E-state index in [1.165, 1.54) is 5.56 Å². The highest BCUT2D eigenvalue weighted by atomic mass is 16.6. The summed E-state index contributed by atoms with van der Waals surface area (Å²) in [6.07, 6.45) is 6.08. The molecule has 6 nitrogen and oxygen atoms in total. The Hall–Kier alpha value is -1.63. The fourth-order valence-corrected chi connectivity index (χ4v) is 3.01. The third-order valence-corrected chi connectivity index (χ3v) is 4.68. The van der Waals surface area contributed by atoms with Crippen molar-refractivity contribution in [3.63, 3.8) is 0 Å². The standard InChI is InChI=1S/C23H39NO5/c1-22(2,3)29-21(27)24-23(18-25,19-26)15-11-6-4-5-7-12-16-28-17-20-13-9-8-10-14-20/h8-10,13-14,25-26H,4-7,11-12,15-19H2,1-3H3,(H,24,27). The van der Waals surface area contributed by atoms with E-state index in [0.717, 1.165) is 45.1 Å². The number of aliphatic hydroxyl groups is 2. The van der Waals surface area contributed by atoms with Gasteiger partial charge in [-0.3, -0.25) is 0 Å². The van der Waals surface area contributed by atoms with Gasteiger partial charge in [0.15, 0.2) is 0 Å². The van der Waals surface area contributed by atoms with Gasteiger partial charge in [-0.15, -0.1) is 0 Å². The molecule has 166 valence electrons. The lowest BCUT2D eigenvalue weighted by atomic mass is 9.93. The first-order valence-corrected chi connectivity index (χ1v) is 10.6. The first-order chi connectivity index (χ1) is 13.8. The van der Waals surface area contributed by atoms with Gasteiger partial charge in [-0.2, -0.15) is 0 Å². The Balaban J connectivity index is 2.12. The van der Waals surface area contributed by atoms with Crippen LogP contribution in [-0.4, -0.2) is 47.3 Å². The van der Waals surface area contributed by atoms with Crippen LogP contribution in [0.15, 0.2) is 30.3 Å². The molecule has 0 radical (unpaired) electrons. The number of alkyl carbamates (subject to hydrolysis) is 1. The van der Waals surface area contributed by atoms with Gasteiger partial charge in [0.05, 0.1) is 25.4 Å². The Labute approximate surface area is 175 Å². The van der Waals surface area contributed by atoms with Crippen LogP contribution >= 0.6 is 0 Å². The SMILES string of the molecule is CC(C)(C)OC(=O)NC(CO)(CO)CCCCCCCCOCc1ccccc1. The van der Waals surface area contributed by atoms with Crippen molar-refractivity contribution >= 4 is 6.09 Å². The highest BCUT2D eigenvalue weighted by Crippen LogP contribution is 2.18. The van der Waals surface area contributed by atoms with E-state index in [-0.39, 0.29) is 13.2 Å². The molecule has 1 rings (SSSR count). The Bertz CT molecular complexity index is 552. The number of carbonyl (C=O) groups excluding carboxylic acids is 1. The van der Waals surface area contributed by atoms with Crippen molar-refractivity contribution in [3.05, 3.63) is 35.9 Å². The number of nitrogens with one attached hydrogen (secondary N) is 1. The monoisotopic (exact) mass is 409 g/mol. The molecule has 0 spiro atoms. The first kappa shape index (κ1) is 25.4. The lowest BCUT2D eigenvalue weighted by Gasteiger charge is -2.32. The number of aliphatic hydroxyl groups excluding tert-OH is 2. The number of unbranched alkanes of at least 4 members (excludes halogenated alkanes) is 5. The van der Waals surface area contributed by atoms with Gasteiger partial charge in [-0.05, 0) is 39.2 Å². The van der Waals surface area contributed by atoms with Crippen LogP contribution in [0.25, 0.3) is 0 Å². The first-order valence-electron chi connectivity index (χ1n) is 10.6. The van der Waals surface area contributed by atoms with Gasteiger partial charge in [0, 0.05) is 6.61 Å². The van der Waals surface area contributed by atoms with E-state index in [4.69, 9.17) is 9.47 Å². The lowest BCUT2D eigenvalue weighted by Crippen LogP contribution is -2.55. The second kappa shape index (κ2) is 13.6. The summed E-state index contributed by atoms with van der Waals surface area (Å²) in [5.41, 5.74) is -0.456. The number of hydrogen-bond donors (Lipinski definition) is 3. The van der Waals surface area contributed by atoms with Crippen molar-refractivity contribution in [3.8, 4) is 0 Å². The quantitative estimate of drug-likeness (QED) is 0.401. The minimum absolute atomic E-state index is 0.318. The fraction of sp³-hybridized carbons (Fsp3) is 0.696. The van der Waals surface area contributed by atoms with Crippen LogP contribution in [0.3, 0.4) is 0 Å². The number of hydrogen-bond acceptors (Lipinski definition) is 5. The number of rotatable bonds is 14. The Morgan fingerprint density at radius 1 is 0.931 bits per heavy atom. The average molecular weight is 410 g/mol. The Morgan fingerprint density at radius 3 is 2.10 bits per heavy atom. The predicted molar refractivity (Wildman–Crippen MR) is 115 cm³/mol. The molecule has 1 amide bonds. The summed E-state index contributed by atoms with van der Waals surface area (Å²) in [7, 11) is 0. The number of amides is 1. The summed E-state index contributed by atoms with van der Waals surface area (Å²) in [5.74, 6) is 0. The topological polar surface area (TPSA) is 88.0 Å². The van der Waals surface area contributed by atoms with Crippen molar-refractivity contribution in [1.82, 2.24) is 5.32 Å². The molecule has 0 aliphatic carbocycles. The maximum atomic E-state index is 12.0. The van der Waals surface area contributed by atoms with Crippen molar-refractivity contribution in [2.75, 3.05) is 19.8 Å². The highest BCUT2D eigenvalue weighted by Gasteiger charge is 2.32. The van der Waals surface area contributed by atoms with Crippen LogP contribution in [0, 0.1) is 0 Å². The Kier molecular flexibility index (Phi) is 11.9. The maximum Gasteiger partial charge on any atom is 0.408 e. The van der Waals surface area contributed by atoms with Gasteiger partial charge in [-0.1, -0.05) is 62.4 Å². The fourth-order valence-electron chi connectivity index (χ4n) is 3.01. The normalized spacial score (nSPS) is 12.0. The van der Waals surface area contributed by atoms with Crippen molar-refractivity contribution < 1.29 is 24.5 Å². The van der Waals surface area contributed by atoms with Crippen molar-refractivity contribution in [2.24, 2.45) is 0 Å². The van der Waals surface area contributed by atoms with E-state index in [9.17, 15) is 15.0 Å². The van der Waals surface area contributed by atoms with Gasteiger partial charge in [0.1, 0.15) is 5.60 Å². The highest BCUT2D eigenvalue weighted by molar-refractivity contribution is 5.68. The molecule has 1 aromatic rings. The zero-order chi connectivity index (χ0) is 21.6. The molecular formula is C23H39NO5. The van der Waals surface area contributed by atoms with Crippen LogP contribution in [0.2, 0.25) is 0 Å². The molecule has 0 heterocycles. The summed E-state index contributed by atoms with van der Waals surface area (Å²) in [6, 6.07) is 10.2. The third kappa shape index (κ3) is 11.8. The molecule has 0 aliphatic heterocycles. The van der Waals surface area contributed by atoms with Crippen LogP contribution in [0.1, 0.15) is 71.3 Å². The zero-order valence-corrected chi connectivity index (χ0v) is 18.3. The maximum absolute atomic E-state index is 12.0. The van der Waals surface area contributed by atoms with E-state index >= 15 is 0 Å². The smallest absolute Gasteiger partial charge is 0.408 e. The number of benzene rings is 1. The number of ether oxygens (including phenoxy) is 2. The average Bonchev–Trinajstić information content (AvgIpc) is 2.68. The van der Waals surface area contributed by atoms with Gasteiger partial charge in [0.25, 0.3) is 0 Å². The summed E-state index contributed by atoms with van der Waals surface area (Å²) in [4.78, 5) is 12.0. The van der Waals surface area contributed by atoms with Crippen LogP contribution < -0.4 is 5.32 Å². The molecule has 0 fully saturated rings. The number of carbonyl (C=O) groups is 1. The van der Waals surface area contributed by atoms with Gasteiger partial charge in [-0.25, -0.2) is 4.79 Å². The van der Waals surface area contributed by atoms with Crippen LogP contribution in [0.4, 0.5) is 4.79 Å². The van der Waals surface area contributed by atoms with Crippen LogP contribution in [0.5, 0.6) is 0 Å². The van der Waals surface area contributed by atoms with E-state index in [1.54, 1.807) is 20.8 Å². The summed E-state index contributed by atoms with van der Waals surface area (Å²) in [5, 5.41) is 22.0. The molecule has 0 saturated heterocycles. The summed E-state index contributed by atoms with van der Waals surface area (Å²) < 4.78 is 10.9. The molecule has 0 bridgehead atoms. The van der Waals surface area contributed by atoms with E-state index in [0.29, 0.717) is 13.0 Å². The van der Waals surface area contributed by atoms with E-state index in [1.807, 2.05) is 18.2 Å². The molecule has 1 aromatic carbocycles. The molecule has 3 N–H and O–H groups in total. The largest absolute Gasteiger partial charge is 0.444 e. The molecule has 6 heteroatoms. The molecular weight excluding hydrogens is 370 g/mol. The molecule has 0 aromatic heterocycles. The second-order valence-electron chi connectivity index (χ2n) is 8.63. The van der Waals surface area contributed by atoms with Gasteiger partial charge in [0.2, 0.25) is 0 Å². The van der Waals surface area contributed by atoms with E-state index in [2.05, 4.69) is 17.4 Å². The Morgan fingerprint density at radius 2 is 1.52 bits per heavy atom. The van der Waals surface area contributed by atoms with Gasteiger partial charge >= 0.3 is 6.09 Å². The minimum atomic E-state index is -1.03. The van der Waals surface area contributed by atoms with E-state index < -0.39 is 17.2 Å². The second-order valence-corrected chi connectivity index (χ2v) is 8.63. The molecule has 29 heavy (non-hydrogen) atoms. The molecule has 0 aliphatic rings.